The maximum atomic E-state index is 5.50. The van der Waals surface area contributed by atoms with Crippen LogP contribution < -0.4 is 0 Å². The van der Waals surface area contributed by atoms with Crippen molar-refractivity contribution in [1.29, 1.82) is 0 Å². The topological polar surface area (TPSA) is 9.23 Å². The van der Waals surface area contributed by atoms with E-state index in [9.17, 15) is 0 Å². The van der Waals surface area contributed by atoms with Crippen LogP contribution in [0.4, 0.5) is 0 Å². The molecule has 0 spiro atoms. The number of ether oxygens (including phenoxy) is 1. The van der Waals surface area contributed by atoms with Gasteiger partial charge < -0.3 is 4.74 Å². The van der Waals surface area contributed by atoms with Crippen molar-refractivity contribution >= 4 is 11.8 Å². The molecule has 1 nitrogen and oxygen atoms in total. The number of thioether (sulfide) groups is 1. The third kappa shape index (κ3) is 3.90. The summed E-state index contributed by atoms with van der Waals surface area (Å²) < 4.78 is 5.50. The summed E-state index contributed by atoms with van der Waals surface area (Å²) in [6.07, 6.45) is 4.79. The zero-order valence-electron chi connectivity index (χ0n) is 9.30. The van der Waals surface area contributed by atoms with Crippen molar-refractivity contribution in [3.8, 4) is 0 Å². The lowest BCUT2D eigenvalue weighted by atomic mass is 9.81. The number of rotatable bonds is 2. The van der Waals surface area contributed by atoms with Crippen molar-refractivity contribution in [2.75, 3.05) is 19.5 Å². The highest BCUT2D eigenvalue weighted by Crippen LogP contribution is 2.34. The maximum absolute atomic E-state index is 5.50. The summed E-state index contributed by atoms with van der Waals surface area (Å²) in [6.45, 7) is 8.93. The van der Waals surface area contributed by atoms with E-state index < -0.39 is 0 Å². The van der Waals surface area contributed by atoms with Gasteiger partial charge in [0.2, 0.25) is 0 Å². The van der Waals surface area contributed by atoms with E-state index in [1.165, 1.54) is 12.8 Å². The van der Waals surface area contributed by atoms with Gasteiger partial charge in [0.05, 0.1) is 6.61 Å². The molecule has 2 heteroatoms. The molecule has 0 aliphatic carbocycles. The first-order chi connectivity index (χ1) is 6.03. The van der Waals surface area contributed by atoms with Crippen LogP contribution in [0.15, 0.2) is 0 Å². The van der Waals surface area contributed by atoms with Crippen molar-refractivity contribution in [3.63, 3.8) is 0 Å². The summed E-state index contributed by atoms with van der Waals surface area (Å²) in [5.74, 6) is 0.865. The van der Waals surface area contributed by atoms with E-state index in [2.05, 4.69) is 27.0 Å². The lowest BCUT2D eigenvalue weighted by Crippen LogP contribution is -2.32. The fraction of sp³-hybridized carbons (Fsp3) is 1.00. The standard InChI is InChI=1S/C11H22OS/c1-11(2,3)7-9-5-6-12-8-10(9)13-4/h9-10H,5-8H2,1-4H3. The van der Waals surface area contributed by atoms with Crippen LogP contribution >= 0.6 is 11.8 Å². The molecule has 1 heterocycles. The average Bonchev–Trinajstić information content (AvgIpc) is 2.02. The second-order valence-corrected chi connectivity index (χ2v) is 6.24. The molecule has 0 bridgehead atoms. The molecule has 0 aromatic carbocycles. The van der Waals surface area contributed by atoms with Crippen molar-refractivity contribution in [1.82, 2.24) is 0 Å². The predicted octanol–water partition coefficient (Wildman–Crippen LogP) is 3.19. The first-order valence-corrected chi connectivity index (χ1v) is 6.42. The van der Waals surface area contributed by atoms with E-state index in [0.29, 0.717) is 5.41 Å². The zero-order valence-corrected chi connectivity index (χ0v) is 10.1. The van der Waals surface area contributed by atoms with Crippen LogP contribution in [-0.4, -0.2) is 24.7 Å². The SMILES string of the molecule is CSC1COCCC1CC(C)(C)C. The Morgan fingerprint density at radius 2 is 2.08 bits per heavy atom. The first-order valence-electron chi connectivity index (χ1n) is 5.13. The van der Waals surface area contributed by atoms with Gasteiger partial charge in [-0.05, 0) is 30.4 Å². The monoisotopic (exact) mass is 202 g/mol. The highest BCUT2D eigenvalue weighted by Gasteiger charge is 2.28. The Morgan fingerprint density at radius 1 is 1.38 bits per heavy atom. The summed E-state index contributed by atoms with van der Waals surface area (Å²) >= 11 is 1.97. The minimum atomic E-state index is 0.468. The molecule has 0 N–H and O–H groups in total. The van der Waals surface area contributed by atoms with E-state index in [1.54, 1.807) is 0 Å². The van der Waals surface area contributed by atoms with Gasteiger partial charge in [-0.25, -0.2) is 0 Å². The van der Waals surface area contributed by atoms with E-state index in [1.807, 2.05) is 11.8 Å². The Labute approximate surface area is 86.6 Å². The van der Waals surface area contributed by atoms with Crippen molar-refractivity contribution in [2.45, 2.75) is 38.9 Å². The maximum Gasteiger partial charge on any atom is 0.0587 e. The molecule has 0 amide bonds. The van der Waals surface area contributed by atoms with Gasteiger partial charge in [-0.1, -0.05) is 20.8 Å². The van der Waals surface area contributed by atoms with E-state index in [4.69, 9.17) is 4.74 Å². The molecular formula is C11H22OS. The van der Waals surface area contributed by atoms with E-state index in [0.717, 1.165) is 24.4 Å². The summed E-state index contributed by atoms with van der Waals surface area (Å²) in [4.78, 5) is 0. The van der Waals surface area contributed by atoms with Gasteiger partial charge in [0.15, 0.2) is 0 Å². The van der Waals surface area contributed by atoms with Crippen LogP contribution in [0.5, 0.6) is 0 Å². The molecule has 1 aliphatic heterocycles. The van der Waals surface area contributed by atoms with Crippen LogP contribution in [0.1, 0.15) is 33.6 Å². The second kappa shape index (κ2) is 4.70. The van der Waals surface area contributed by atoms with E-state index in [-0.39, 0.29) is 0 Å². The average molecular weight is 202 g/mol. The highest BCUT2D eigenvalue weighted by atomic mass is 32.2. The minimum Gasteiger partial charge on any atom is -0.380 e. The first kappa shape index (κ1) is 11.4. The Hall–Kier alpha value is 0.310. The van der Waals surface area contributed by atoms with Gasteiger partial charge in [0.1, 0.15) is 0 Å². The quantitative estimate of drug-likeness (QED) is 0.680. The summed E-state index contributed by atoms with van der Waals surface area (Å²) in [5, 5.41) is 0.730. The Kier molecular flexibility index (Phi) is 4.11. The second-order valence-electron chi connectivity index (χ2n) is 5.16. The Morgan fingerprint density at radius 3 is 2.62 bits per heavy atom. The molecule has 0 aromatic rings. The van der Waals surface area contributed by atoms with Gasteiger partial charge in [0.25, 0.3) is 0 Å². The van der Waals surface area contributed by atoms with Gasteiger partial charge in [-0.2, -0.15) is 11.8 Å². The van der Waals surface area contributed by atoms with Crippen molar-refractivity contribution in [2.24, 2.45) is 11.3 Å². The molecule has 1 saturated heterocycles. The molecule has 13 heavy (non-hydrogen) atoms. The molecule has 0 aromatic heterocycles. The lowest BCUT2D eigenvalue weighted by molar-refractivity contribution is 0.0592. The molecule has 2 atom stereocenters. The van der Waals surface area contributed by atoms with Gasteiger partial charge in [-0.3, -0.25) is 0 Å². The minimum absolute atomic E-state index is 0.468. The zero-order chi connectivity index (χ0) is 9.90. The van der Waals surface area contributed by atoms with E-state index >= 15 is 0 Å². The van der Waals surface area contributed by atoms with Crippen molar-refractivity contribution < 1.29 is 4.74 Å². The van der Waals surface area contributed by atoms with Gasteiger partial charge >= 0.3 is 0 Å². The summed E-state index contributed by atoms with van der Waals surface area (Å²) in [7, 11) is 0. The molecule has 1 rings (SSSR count). The van der Waals surface area contributed by atoms with Crippen molar-refractivity contribution in [3.05, 3.63) is 0 Å². The third-order valence-electron chi connectivity index (χ3n) is 2.62. The fourth-order valence-electron chi connectivity index (χ4n) is 2.04. The Balaban J connectivity index is 2.45. The molecule has 2 unspecified atom stereocenters. The molecule has 0 saturated carbocycles. The van der Waals surface area contributed by atoms with Gasteiger partial charge in [-0.15, -0.1) is 0 Å². The van der Waals surface area contributed by atoms with Crippen LogP contribution in [0.2, 0.25) is 0 Å². The highest BCUT2D eigenvalue weighted by molar-refractivity contribution is 7.99. The molecule has 1 fully saturated rings. The van der Waals surface area contributed by atoms with Crippen LogP contribution in [0, 0.1) is 11.3 Å². The third-order valence-corrected chi connectivity index (χ3v) is 3.74. The smallest absolute Gasteiger partial charge is 0.0587 e. The molecule has 78 valence electrons. The largest absolute Gasteiger partial charge is 0.380 e. The van der Waals surface area contributed by atoms with Crippen LogP contribution in [0.25, 0.3) is 0 Å². The predicted molar refractivity (Wildman–Crippen MR) is 60.3 cm³/mol. The summed E-state index contributed by atoms with van der Waals surface area (Å²) in [6, 6.07) is 0. The Bertz CT molecular complexity index is 151. The van der Waals surface area contributed by atoms with Crippen LogP contribution in [-0.2, 0) is 4.74 Å². The fourth-order valence-corrected chi connectivity index (χ4v) is 2.89. The molecular weight excluding hydrogens is 180 g/mol. The normalized spacial score (nSPS) is 30.5. The molecule has 0 radical (unpaired) electrons. The van der Waals surface area contributed by atoms with Crippen LogP contribution in [0.3, 0.4) is 0 Å². The number of hydrogen-bond donors (Lipinski definition) is 0. The van der Waals surface area contributed by atoms with Gasteiger partial charge in [0, 0.05) is 11.9 Å². The molecule has 1 aliphatic rings. The lowest BCUT2D eigenvalue weighted by Gasteiger charge is -2.34. The number of hydrogen-bond acceptors (Lipinski definition) is 2. The summed E-state index contributed by atoms with van der Waals surface area (Å²) in [5.41, 5.74) is 0.468.